The smallest absolute Gasteiger partial charge is 0.226 e. The van der Waals surface area contributed by atoms with Crippen molar-refractivity contribution in [1.29, 1.82) is 0 Å². The fourth-order valence-electron chi connectivity index (χ4n) is 2.53. The summed E-state index contributed by atoms with van der Waals surface area (Å²) in [4.78, 5) is 14.3. The fourth-order valence-corrected chi connectivity index (χ4v) is 2.53. The molecule has 0 N–H and O–H groups in total. The van der Waals surface area contributed by atoms with Gasteiger partial charge < -0.3 is 14.4 Å². The summed E-state index contributed by atoms with van der Waals surface area (Å²) in [5, 5.41) is 0. The van der Waals surface area contributed by atoms with Crippen molar-refractivity contribution in [3.8, 4) is 5.75 Å². The molecule has 1 atom stereocenters. The summed E-state index contributed by atoms with van der Waals surface area (Å²) < 4.78 is 10.5. The van der Waals surface area contributed by atoms with Gasteiger partial charge in [0.05, 0.1) is 13.2 Å². The summed E-state index contributed by atoms with van der Waals surface area (Å²) in [6.07, 6.45) is 1.66. The molecule has 0 aliphatic carbocycles. The molecule has 20 heavy (non-hydrogen) atoms. The molecule has 4 nitrogen and oxygen atoms in total. The van der Waals surface area contributed by atoms with Crippen molar-refractivity contribution in [2.75, 3.05) is 27.4 Å². The number of nitrogens with zero attached hydrogens (tertiary/aromatic N) is 1. The molecule has 0 saturated carbocycles. The van der Waals surface area contributed by atoms with Gasteiger partial charge in [0.15, 0.2) is 0 Å². The highest BCUT2D eigenvalue weighted by molar-refractivity contribution is 5.79. The number of carbonyl (C=O) groups is 1. The lowest BCUT2D eigenvalue weighted by Gasteiger charge is -2.31. The Balaban J connectivity index is 2.02. The second-order valence-corrected chi connectivity index (χ2v) is 5.28. The van der Waals surface area contributed by atoms with Gasteiger partial charge in [-0.25, -0.2) is 0 Å². The molecule has 0 spiro atoms. The first kappa shape index (κ1) is 14.9. The Morgan fingerprint density at radius 3 is 2.45 bits per heavy atom. The minimum atomic E-state index is 0.0660. The highest BCUT2D eigenvalue weighted by atomic mass is 16.5. The molecule has 1 aromatic carbocycles. The van der Waals surface area contributed by atoms with Crippen LogP contribution in [0.15, 0.2) is 24.3 Å². The summed E-state index contributed by atoms with van der Waals surface area (Å²) in [7, 11) is 3.53. The van der Waals surface area contributed by atoms with E-state index in [9.17, 15) is 4.79 Å². The maximum absolute atomic E-state index is 12.5. The van der Waals surface area contributed by atoms with Crippen LogP contribution in [-0.4, -0.2) is 38.2 Å². The SMILES string of the molecule is COc1ccc(C(C)N(C)C(=O)C2CCOCC2)cc1. The maximum Gasteiger partial charge on any atom is 0.226 e. The van der Waals surface area contributed by atoms with Gasteiger partial charge in [0.25, 0.3) is 0 Å². The van der Waals surface area contributed by atoms with Crippen molar-refractivity contribution >= 4 is 5.91 Å². The first-order valence-corrected chi connectivity index (χ1v) is 7.12. The van der Waals surface area contributed by atoms with Crippen LogP contribution in [0.4, 0.5) is 0 Å². The monoisotopic (exact) mass is 277 g/mol. The molecule has 0 bridgehead atoms. The van der Waals surface area contributed by atoms with Crippen LogP contribution in [0.25, 0.3) is 0 Å². The lowest BCUT2D eigenvalue weighted by molar-refractivity contribution is -0.139. The summed E-state index contributed by atoms with van der Waals surface area (Å²) in [5.41, 5.74) is 1.12. The molecular weight excluding hydrogens is 254 g/mol. The van der Waals surface area contributed by atoms with Crippen LogP contribution in [0.3, 0.4) is 0 Å². The summed E-state index contributed by atoms with van der Waals surface area (Å²) in [6.45, 7) is 3.45. The van der Waals surface area contributed by atoms with Crippen molar-refractivity contribution in [2.24, 2.45) is 5.92 Å². The number of rotatable bonds is 4. The zero-order valence-corrected chi connectivity index (χ0v) is 12.5. The number of amides is 1. The van der Waals surface area contributed by atoms with Crippen LogP contribution < -0.4 is 4.74 Å². The van der Waals surface area contributed by atoms with Crippen LogP contribution in [0, 0.1) is 5.92 Å². The lowest BCUT2D eigenvalue weighted by Crippen LogP contribution is -2.37. The minimum absolute atomic E-state index is 0.0660. The molecule has 2 rings (SSSR count). The topological polar surface area (TPSA) is 38.8 Å². The van der Waals surface area contributed by atoms with E-state index >= 15 is 0 Å². The predicted molar refractivity (Wildman–Crippen MR) is 77.7 cm³/mol. The van der Waals surface area contributed by atoms with Gasteiger partial charge in [-0.05, 0) is 37.5 Å². The van der Waals surface area contributed by atoms with Crippen molar-refractivity contribution < 1.29 is 14.3 Å². The fraction of sp³-hybridized carbons (Fsp3) is 0.562. The van der Waals surface area contributed by atoms with Crippen LogP contribution in [0.5, 0.6) is 5.75 Å². The third-order valence-corrected chi connectivity index (χ3v) is 4.10. The standard InChI is InChI=1S/C16H23NO3/c1-12(13-4-6-15(19-3)7-5-13)17(2)16(18)14-8-10-20-11-9-14/h4-7,12,14H,8-11H2,1-3H3. The minimum Gasteiger partial charge on any atom is -0.497 e. The molecule has 0 radical (unpaired) electrons. The second kappa shape index (κ2) is 6.75. The van der Waals surface area contributed by atoms with Gasteiger partial charge in [-0.1, -0.05) is 12.1 Å². The molecule has 1 aromatic rings. The number of benzene rings is 1. The average molecular weight is 277 g/mol. The number of ether oxygens (including phenoxy) is 2. The normalized spacial score (nSPS) is 17.6. The molecule has 4 heteroatoms. The molecule has 1 saturated heterocycles. The van der Waals surface area contributed by atoms with Crippen molar-refractivity contribution in [2.45, 2.75) is 25.8 Å². The highest BCUT2D eigenvalue weighted by Gasteiger charge is 2.27. The molecule has 1 amide bonds. The largest absolute Gasteiger partial charge is 0.497 e. The van der Waals surface area contributed by atoms with Crippen molar-refractivity contribution in [3.05, 3.63) is 29.8 Å². The van der Waals surface area contributed by atoms with Gasteiger partial charge in [0.2, 0.25) is 5.91 Å². The molecule has 1 unspecified atom stereocenters. The van der Waals surface area contributed by atoms with Gasteiger partial charge in [0.1, 0.15) is 5.75 Å². The Bertz CT molecular complexity index is 438. The summed E-state index contributed by atoms with van der Waals surface area (Å²) >= 11 is 0. The average Bonchev–Trinajstić information content (AvgIpc) is 2.53. The Kier molecular flexibility index (Phi) is 5.01. The highest BCUT2D eigenvalue weighted by Crippen LogP contribution is 2.25. The zero-order chi connectivity index (χ0) is 14.5. The molecule has 1 fully saturated rings. The van der Waals surface area contributed by atoms with E-state index < -0.39 is 0 Å². The van der Waals surface area contributed by atoms with Crippen LogP contribution in [-0.2, 0) is 9.53 Å². The first-order chi connectivity index (χ1) is 9.63. The van der Waals surface area contributed by atoms with E-state index in [-0.39, 0.29) is 17.9 Å². The molecular formula is C16H23NO3. The molecule has 1 aliphatic heterocycles. The van der Waals surface area contributed by atoms with Crippen LogP contribution >= 0.6 is 0 Å². The number of hydrogen-bond donors (Lipinski definition) is 0. The van der Waals surface area contributed by atoms with E-state index in [0.717, 1.165) is 24.2 Å². The van der Waals surface area contributed by atoms with Gasteiger partial charge in [-0.3, -0.25) is 4.79 Å². The third kappa shape index (κ3) is 3.31. The Morgan fingerprint density at radius 2 is 1.90 bits per heavy atom. The van der Waals surface area contributed by atoms with E-state index in [1.807, 2.05) is 36.2 Å². The third-order valence-electron chi connectivity index (χ3n) is 4.10. The Morgan fingerprint density at radius 1 is 1.30 bits per heavy atom. The first-order valence-electron chi connectivity index (χ1n) is 7.12. The zero-order valence-electron chi connectivity index (χ0n) is 12.5. The Labute approximate surface area is 120 Å². The number of hydrogen-bond acceptors (Lipinski definition) is 3. The van der Waals surface area contributed by atoms with Crippen LogP contribution in [0.2, 0.25) is 0 Å². The molecule has 1 aliphatic rings. The number of carbonyl (C=O) groups excluding carboxylic acids is 1. The quantitative estimate of drug-likeness (QED) is 0.849. The van der Waals surface area contributed by atoms with E-state index in [2.05, 4.69) is 6.92 Å². The van der Waals surface area contributed by atoms with E-state index in [1.54, 1.807) is 7.11 Å². The Hall–Kier alpha value is -1.55. The summed E-state index contributed by atoms with van der Waals surface area (Å²) in [6, 6.07) is 7.95. The van der Waals surface area contributed by atoms with Crippen molar-refractivity contribution in [1.82, 2.24) is 4.90 Å². The van der Waals surface area contributed by atoms with E-state index in [4.69, 9.17) is 9.47 Å². The van der Waals surface area contributed by atoms with E-state index in [1.165, 1.54) is 0 Å². The molecule has 1 heterocycles. The molecule has 0 aromatic heterocycles. The van der Waals surface area contributed by atoms with E-state index in [0.29, 0.717) is 13.2 Å². The van der Waals surface area contributed by atoms with Crippen LogP contribution in [0.1, 0.15) is 31.4 Å². The van der Waals surface area contributed by atoms with Gasteiger partial charge in [-0.15, -0.1) is 0 Å². The maximum atomic E-state index is 12.5. The van der Waals surface area contributed by atoms with Crippen molar-refractivity contribution in [3.63, 3.8) is 0 Å². The second-order valence-electron chi connectivity index (χ2n) is 5.28. The molecule has 110 valence electrons. The van der Waals surface area contributed by atoms with Gasteiger partial charge >= 0.3 is 0 Å². The number of methoxy groups -OCH3 is 1. The predicted octanol–water partition coefficient (Wildman–Crippen LogP) is 2.64. The lowest BCUT2D eigenvalue weighted by atomic mass is 9.97. The van der Waals surface area contributed by atoms with Gasteiger partial charge in [0, 0.05) is 26.2 Å². The summed E-state index contributed by atoms with van der Waals surface area (Å²) in [5.74, 6) is 1.16. The van der Waals surface area contributed by atoms with Gasteiger partial charge in [-0.2, -0.15) is 0 Å².